The summed E-state index contributed by atoms with van der Waals surface area (Å²) in [5, 5.41) is 19.7. The van der Waals surface area contributed by atoms with Crippen LogP contribution in [0.4, 0.5) is 0 Å². The molecule has 1 aliphatic rings. The van der Waals surface area contributed by atoms with Crippen molar-refractivity contribution in [3.05, 3.63) is 0 Å². The number of nitrogens with zero attached hydrogens (tertiary/aromatic N) is 1. The van der Waals surface area contributed by atoms with Crippen molar-refractivity contribution in [3.8, 4) is 0 Å². The zero-order valence-corrected chi connectivity index (χ0v) is 10.9. The molecular weight excluding hydrogens is 222 g/mol. The summed E-state index contributed by atoms with van der Waals surface area (Å²) in [6.45, 7) is 5.34. The van der Waals surface area contributed by atoms with Crippen LogP contribution in [0.5, 0.6) is 0 Å². The van der Waals surface area contributed by atoms with Gasteiger partial charge in [0.15, 0.2) is 0 Å². The highest BCUT2D eigenvalue weighted by Crippen LogP contribution is 2.20. The average molecular weight is 247 g/mol. The molecule has 1 rings (SSSR count). The molecule has 0 aromatic rings. The van der Waals surface area contributed by atoms with Crippen molar-refractivity contribution in [2.24, 2.45) is 0 Å². The summed E-state index contributed by atoms with van der Waals surface area (Å²) in [5.74, 6) is 0. The molecule has 5 nitrogen and oxygen atoms in total. The highest BCUT2D eigenvalue weighted by atomic mass is 16.5. The second kappa shape index (κ2) is 7.28. The van der Waals surface area contributed by atoms with Crippen molar-refractivity contribution in [3.63, 3.8) is 0 Å². The van der Waals surface area contributed by atoms with Crippen molar-refractivity contribution < 1.29 is 19.7 Å². The first-order valence-electron chi connectivity index (χ1n) is 6.23. The Hall–Kier alpha value is -0.200. The third-order valence-electron chi connectivity index (χ3n) is 2.96. The summed E-state index contributed by atoms with van der Waals surface area (Å²) in [6.07, 6.45) is 1.31. The second-order valence-corrected chi connectivity index (χ2v) is 5.06. The van der Waals surface area contributed by atoms with Gasteiger partial charge in [-0.1, -0.05) is 0 Å². The highest BCUT2D eigenvalue weighted by molar-refractivity contribution is 4.83. The molecule has 0 aliphatic carbocycles. The molecule has 5 heteroatoms. The molecular formula is C12H25NO4. The van der Waals surface area contributed by atoms with E-state index in [9.17, 15) is 10.2 Å². The topological polar surface area (TPSA) is 62.2 Å². The number of rotatable bonds is 7. The average Bonchev–Trinajstić information content (AvgIpc) is 2.23. The number of methoxy groups -OCH3 is 1. The summed E-state index contributed by atoms with van der Waals surface area (Å²) in [6, 6.07) is 0. The van der Waals surface area contributed by atoms with Gasteiger partial charge < -0.3 is 19.7 Å². The Labute approximate surface area is 103 Å². The first kappa shape index (κ1) is 14.9. The molecule has 2 atom stereocenters. The number of β-amino-alcohol motifs (C(OH)–C–C–N with tert-alkyl or cyclic N) is 2. The summed E-state index contributed by atoms with van der Waals surface area (Å²) in [5.41, 5.74) is -0.616. The lowest BCUT2D eigenvalue weighted by Gasteiger charge is -2.37. The first-order valence-corrected chi connectivity index (χ1v) is 6.23. The Bertz CT molecular complexity index is 211. The summed E-state index contributed by atoms with van der Waals surface area (Å²) >= 11 is 0. The van der Waals surface area contributed by atoms with E-state index in [2.05, 4.69) is 4.90 Å². The lowest BCUT2D eigenvalue weighted by molar-refractivity contribution is -0.0434. The third-order valence-corrected chi connectivity index (χ3v) is 2.96. The number of hydrogen-bond donors (Lipinski definition) is 2. The molecule has 0 saturated carbocycles. The van der Waals surface area contributed by atoms with Crippen molar-refractivity contribution >= 4 is 0 Å². The predicted molar refractivity (Wildman–Crippen MR) is 65.0 cm³/mol. The van der Waals surface area contributed by atoms with Gasteiger partial charge in [0, 0.05) is 20.2 Å². The molecule has 0 bridgehead atoms. The van der Waals surface area contributed by atoms with Gasteiger partial charge in [-0.2, -0.15) is 0 Å². The SMILES string of the molecule is COCCOCC(O)CN1CCCC(C)(O)C1. The Kier molecular flexibility index (Phi) is 6.37. The van der Waals surface area contributed by atoms with E-state index >= 15 is 0 Å². The zero-order valence-electron chi connectivity index (χ0n) is 10.9. The van der Waals surface area contributed by atoms with E-state index in [1.54, 1.807) is 7.11 Å². The smallest absolute Gasteiger partial charge is 0.0900 e. The van der Waals surface area contributed by atoms with Crippen molar-refractivity contribution in [1.29, 1.82) is 0 Å². The molecule has 102 valence electrons. The number of aliphatic hydroxyl groups is 2. The Morgan fingerprint density at radius 2 is 2.18 bits per heavy atom. The van der Waals surface area contributed by atoms with E-state index in [4.69, 9.17) is 9.47 Å². The maximum atomic E-state index is 9.93. The normalized spacial score (nSPS) is 28.2. The second-order valence-electron chi connectivity index (χ2n) is 5.06. The van der Waals surface area contributed by atoms with Gasteiger partial charge in [-0.15, -0.1) is 0 Å². The van der Waals surface area contributed by atoms with E-state index in [1.165, 1.54) is 0 Å². The summed E-state index contributed by atoms with van der Waals surface area (Å²) in [7, 11) is 1.62. The number of piperidine rings is 1. The Balaban J connectivity index is 2.15. The molecule has 1 saturated heterocycles. The van der Waals surface area contributed by atoms with Crippen LogP contribution in [0.2, 0.25) is 0 Å². The van der Waals surface area contributed by atoms with E-state index in [0.29, 0.717) is 32.9 Å². The molecule has 17 heavy (non-hydrogen) atoms. The van der Waals surface area contributed by atoms with Gasteiger partial charge in [-0.05, 0) is 26.3 Å². The van der Waals surface area contributed by atoms with Crippen molar-refractivity contribution in [2.75, 3.05) is 46.6 Å². The molecule has 0 amide bonds. The minimum atomic E-state index is -0.616. The molecule has 0 spiro atoms. The maximum absolute atomic E-state index is 9.93. The van der Waals surface area contributed by atoms with Crippen LogP contribution in [-0.4, -0.2) is 73.4 Å². The van der Waals surface area contributed by atoms with Crippen LogP contribution in [0.25, 0.3) is 0 Å². The molecule has 0 radical (unpaired) electrons. The van der Waals surface area contributed by atoms with Gasteiger partial charge in [-0.25, -0.2) is 0 Å². The quantitative estimate of drug-likeness (QED) is 0.613. The molecule has 1 aliphatic heterocycles. The van der Waals surface area contributed by atoms with Gasteiger partial charge in [0.2, 0.25) is 0 Å². The molecule has 0 aromatic heterocycles. The number of ether oxygens (including phenoxy) is 2. The molecule has 1 heterocycles. The van der Waals surface area contributed by atoms with E-state index < -0.39 is 11.7 Å². The van der Waals surface area contributed by atoms with E-state index in [-0.39, 0.29) is 0 Å². The van der Waals surface area contributed by atoms with Crippen LogP contribution in [0.3, 0.4) is 0 Å². The Morgan fingerprint density at radius 3 is 2.82 bits per heavy atom. The summed E-state index contributed by atoms with van der Waals surface area (Å²) in [4.78, 5) is 2.09. The van der Waals surface area contributed by atoms with Crippen LogP contribution in [0.15, 0.2) is 0 Å². The van der Waals surface area contributed by atoms with Gasteiger partial charge in [-0.3, -0.25) is 4.90 Å². The first-order chi connectivity index (χ1) is 8.03. The minimum Gasteiger partial charge on any atom is -0.389 e. The fourth-order valence-electron chi connectivity index (χ4n) is 2.19. The lowest BCUT2D eigenvalue weighted by atomic mass is 9.95. The van der Waals surface area contributed by atoms with Crippen LogP contribution in [0.1, 0.15) is 19.8 Å². The van der Waals surface area contributed by atoms with Crippen LogP contribution in [0, 0.1) is 0 Å². The number of aliphatic hydroxyl groups excluding tert-OH is 1. The molecule has 1 fully saturated rings. The van der Waals surface area contributed by atoms with Gasteiger partial charge in [0.25, 0.3) is 0 Å². The van der Waals surface area contributed by atoms with E-state index in [1.807, 2.05) is 6.92 Å². The fourth-order valence-corrected chi connectivity index (χ4v) is 2.19. The number of likely N-dealkylation sites (tertiary alicyclic amines) is 1. The van der Waals surface area contributed by atoms with Crippen molar-refractivity contribution in [1.82, 2.24) is 4.90 Å². The van der Waals surface area contributed by atoms with Crippen LogP contribution < -0.4 is 0 Å². The maximum Gasteiger partial charge on any atom is 0.0900 e. The van der Waals surface area contributed by atoms with E-state index in [0.717, 1.165) is 19.4 Å². The fraction of sp³-hybridized carbons (Fsp3) is 1.00. The standard InChI is InChI=1S/C12H25NO4/c1-12(15)4-3-5-13(10-12)8-11(14)9-17-7-6-16-2/h11,14-15H,3-10H2,1-2H3. The predicted octanol–water partition coefficient (Wildman–Crippen LogP) is -0.143. The van der Waals surface area contributed by atoms with Crippen LogP contribution >= 0.6 is 0 Å². The van der Waals surface area contributed by atoms with Gasteiger partial charge in [0.1, 0.15) is 0 Å². The number of hydrogen-bond acceptors (Lipinski definition) is 5. The minimum absolute atomic E-state index is 0.321. The van der Waals surface area contributed by atoms with Crippen molar-refractivity contribution in [2.45, 2.75) is 31.5 Å². The third kappa shape index (κ3) is 6.33. The van der Waals surface area contributed by atoms with Crippen LogP contribution in [-0.2, 0) is 9.47 Å². The highest BCUT2D eigenvalue weighted by Gasteiger charge is 2.29. The molecule has 0 aromatic carbocycles. The largest absolute Gasteiger partial charge is 0.389 e. The monoisotopic (exact) mass is 247 g/mol. The molecule has 2 N–H and O–H groups in total. The molecule has 2 unspecified atom stereocenters. The lowest BCUT2D eigenvalue weighted by Crippen LogP contribution is -2.49. The van der Waals surface area contributed by atoms with Gasteiger partial charge >= 0.3 is 0 Å². The summed E-state index contributed by atoms with van der Waals surface area (Å²) < 4.78 is 10.1. The Morgan fingerprint density at radius 1 is 1.41 bits per heavy atom. The van der Waals surface area contributed by atoms with Gasteiger partial charge in [0.05, 0.1) is 31.5 Å². The zero-order chi connectivity index (χ0) is 12.7.